The number of nitrogens with zero attached hydrogens (tertiary/aromatic N) is 1. The van der Waals surface area contributed by atoms with Crippen LogP contribution in [-0.4, -0.2) is 16.7 Å². The van der Waals surface area contributed by atoms with Gasteiger partial charge in [0.2, 0.25) is 0 Å². The van der Waals surface area contributed by atoms with Gasteiger partial charge in [-0.1, -0.05) is 18.2 Å². The molecule has 0 atom stereocenters. The molecule has 0 fully saturated rings. The molecular formula is C15H17NO. The van der Waals surface area contributed by atoms with Crippen molar-refractivity contribution in [3.8, 4) is 11.3 Å². The van der Waals surface area contributed by atoms with Gasteiger partial charge in [0, 0.05) is 18.4 Å². The van der Waals surface area contributed by atoms with Crippen LogP contribution in [0, 0.1) is 13.8 Å². The first-order chi connectivity index (χ1) is 8.22. The lowest BCUT2D eigenvalue weighted by Gasteiger charge is -2.09. The van der Waals surface area contributed by atoms with E-state index in [9.17, 15) is 0 Å². The minimum absolute atomic E-state index is 0.177. The fourth-order valence-electron chi connectivity index (χ4n) is 1.93. The lowest BCUT2D eigenvalue weighted by molar-refractivity contribution is 0.299. The predicted octanol–water partition coefficient (Wildman–Crippen LogP) is 2.90. The number of hydrogen-bond acceptors (Lipinski definition) is 2. The van der Waals surface area contributed by atoms with Crippen LogP contribution in [0.4, 0.5) is 0 Å². The summed E-state index contributed by atoms with van der Waals surface area (Å²) in [5.41, 5.74) is 5.82. The van der Waals surface area contributed by atoms with Gasteiger partial charge in [-0.15, -0.1) is 0 Å². The lowest BCUT2D eigenvalue weighted by Crippen LogP contribution is -1.94. The summed E-state index contributed by atoms with van der Waals surface area (Å²) in [5, 5.41) is 8.96. The normalized spacial score (nSPS) is 10.5. The average molecular weight is 227 g/mol. The molecule has 2 aromatic rings. The Morgan fingerprint density at radius 2 is 2.00 bits per heavy atom. The second-order valence-corrected chi connectivity index (χ2v) is 4.27. The summed E-state index contributed by atoms with van der Waals surface area (Å²) in [5.74, 6) is 0. The first-order valence-electron chi connectivity index (χ1n) is 5.84. The van der Waals surface area contributed by atoms with Crippen molar-refractivity contribution in [2.45, 2.75) is 20.3 Å². The highest BCUT2D eigenvalue weighted by Gasteiger charge is 2.05. The zero-order chi connectivity index (χ0) is 12.3. The van der Waals surface area contributed by atoms with E-state index in [1.54, 1.807) is 0 Å². The van der Waals surface area contributed by atoms with E-state index < -0.39 is 0 Å². The van der Waals surface area contributed by atoms with Crippen molar-refractivity contribution in [1.29, 1.82) is 0 Å². The molecule has 0 unspecified atom stereocenters. The highest BCUT2D eigenvalue weighted by Crippen LogP contribution is 2.24. The van der Waals surface area contributed by atoms with Crippen LogP contribution in [0.5, 0.6) is 0 Å². The third kappa shape index (κ3) is 2.53. The van der Waals surface area contributed by atoms with Gasteiger partial charge < -0.3 is 5.11 Å². The lowest BCUT2D eigenvalue weighted by atomic mass is 9.99. The second-order valence-electron chi connectivity index (χ2n) is 4.27. The summed E-state index contributed by atoms with van der Waals surface area (Å²) in [7, 11) is 0. The second kappa shape index (κ2) is 5.11. The van der Waals surface area contributed by atoms with Gasteiger partial charge in [-0.05, 0) is 49.1 Å². The minimum Gasteiger partial charge on any atom is -0.396 e. The Balaban J connectivity index is 2.45. The molecule has 0 bridgehead atoms. The van der Waals surface area contributed by atoms with E-state index in [1.807, 2.05) is 12.3 Å². The summed E-state index contributed by atoms with van der Waals surface area (Å²) in [4.78, 5) is 4.41. The summed E-state index contributed by atoms with van der Waals surface area (Å²) < 4.78 is 0. The van der Waals surface area contributed by atoms with Crippen LogP contribution in [0.3, 0.4) is 0 Å². The van der Waals surface area contributed by atoms with Crippen LogP contribution < -0.4 is 0 Å². The third-order valence-electron chi connectivity index (χ3n) is 3.11. The van der Waals surface area contributed by atoms with Gasteiger partial charge in [0.1, 0.15) is 0 Å². The Kier molecular flexibility index (Phi) is 3.55. The molecule has 1 aromatic heterocycles. The Hall–Kier alpha value is -1.67. The summed E-state index contributed by atoms with van der Waals surface area (Å²) in [6.07, 6.45) is 2.49. The van der Waals surface area contributed by atoms with Crippen LogP contribution >= 0.6 is 0 Å². The number of hydrogen-bond donors (Lipinski definition) is 1. The molecule has 0 spiro atoms. The maximum absolute atomic E-state index is 8.96. The quantitative estimate of drug-likeness (QED) is 0.874. The number of aliphatic hydroxyl groups is 1. The first kappa shape index (κ1) is 11.8. The predicted molar refractivity (Wildman–Crippen MR) is 69.9 cm³/mol. The van der Waals surface area contributed by atoms with Crippen LogP contribution in [0.1, 0.15) is 16.7 Å². The number of aromatic nitrogens is 1. The highest BCUT2D eigenvalue weighted by molar-refractivity contribution is 5.65. The van der Waals surface area contributed by atoms with Crippen LogP contribution in [0.15, 0.2) is 36.5 Å². The molecule has 1 aromatic carbocycles. The molecule has 0 saturated heterocycles. The van der Waals surface area contributed by atoms with Crippen molar-refractivity contribution >= 4 is 0 Å². The largest absolute Gasteiger partial charge is 0.396 e. The van der Waals surface area contributed by atoms with Crippen molar-refractivity contribution < 1.29 is 5.11 Å². The van der Waals surface area contributed by atoms with Crippen molar-refractivity contribution in [3.63, 3.8) is 0 Å². The zero-order valence-electron chi connectivity index (χ0n) is 10.3. The SMILES string of the molecule is Cc1cccc(-c2cc(CCO)ccn2)c1C. The van der Waals surface area contributed by atoms with Gasteiger partial charge in [0.15, 0.2) is 0 Å². The van der Waals surface area contributed by atoms with E-state index in [-0.39, 0.29) is 6.61 Å². The summed E-state index contributed by atoms with van der Waals surface area (Å²) >= 11 is 0. The van der Waals surface area contributed by atoms with Gasteiger partial charge in [-0.3, -0.25) is 4.98 Å². The fraction of sp³-hybridized carbons (Fsp3) is 0.267. The molecule has 2 nitrogen and oxygen atoms in total. The fourth-order valence-corrected chi connectivity index (χ4v) is 1.93. The molecule has 0 aliphatic rings. The van der Waals surface area contributed by atoms with Gasteiger partial charge in [-0.25, -0.2) is 0 Å². The molecule has 0 aliphatic carbocycles. The third-order valence-corrected chi connectivity index (χ3v) is 3.11. The van der Waals surface area contributed by atoms with E-state index in [0.717, 1.165) is 11.3 Å². The molecular weight excluding hydrogens is 210 g/mol. The van der Waals surface area contributed by atoms with E-state index in [2.05, 4.69) is 43.1 Å². The Bertz CT molecular complexity index is 520. The van der Waals surface area contributed by atoms with Crippen molar-refractivity contribution in [3.05, 3.63) is 53.2 Å². The number of aliphatic hydroxyl groups excluding tert-OH is 1. The molecule has 2 heteroatoms. The summed E-state index contributed by atoms with van der Waals surface area (Å²) in [6.45, 7) is 4.40. The minimum atomic E-state index is 0.177. The molecule has 2 rings (SSSR count). The molecule has 1 heterocycles. The van der Waals surface area contributed by atoms with Gasteiger partial charge >= 0.3 is 0 Å². The molecule has 0 aliphatic heterocycles. The molecule has 17 heavy (non-hydrogen) atoms. The van der Waals surface area contributed by atoms with Crippen molar-refractivity contribution in [2.24, 2.45) is 0 Å². The highest BCUT2D eigenvalue weighted by atomic mass is 16.2. The van der Waals surface area contributed by atoms with Crippen LogP contribution in [-0.2, 0) is 6.42 Å². The van der Waals surface area contributed by atoms with Gasteiger partial charge in [0.25, 0.3) is 0 Å². The van der Waals surface area contributed by atoms with Gasteiger partial charge in [0.05, 0.1) is 5.69 Å². The molecule has 0 amide bonds. The molecule has 0 radical (unpaired) electrons. The van der Waals surface area contributed by atoms with E-state index in [0.29, 0.717) is 6.42 Å². The van der Waals surface area contributed by atoms with E-state index in [1.165, 1.54) is 16.7 Å². The zero-order valence-corrected chi connectivity index (χ0v) is 10.3. The van der Waals surface area contributed by atoms with Crippen molar-refractivity contribution in [1.82, 2.24) is 4.98 Å². The van der Waals surface area contributed by atoms with Gasteiger partial charge in [-0.2, -0.15) is 0 Å². The van der Waals surface area contributed by atoms with E-state index in [4.69, 9.17) is 5.11 Å². The molecule has 0 saturated carbocycles. The van der Waals surface area contributed by atoms with Crippen molar-refractivity contribution in [2.75, 3.05) is 6.61 Å². The first-order valence-corrected chi connectivity index (χ1v) is 5.84. The summed E-state index contributed by atoms with van der Waals surface area (Å²) in [6, 6.07) is 10.3. The maximum atomic E-state index is 8.96. The number of rotatable bonds is 3. The smallest absolute Gasteiger partial charge is 0.0707 e. The topological polar surface area (TPSA) is 33.1 Å². The Morgan fingerprint density at radius 1 is 1.18 bits per heavy atom. The number of benzene rings is 1. The standard InChI is InChI=1S/C15H17NO/c1-11-4-3-5-14(12(11)2)15-10-13(7-9-17)6-8-16-15/h3-6,8,10,17H,7,9H2,1-2H3. The number of aryl methyl sites for hydroxylation is 1. The Labute approximate surface area is 102 Å². The van der Waals surface area contributed by atoms with Crippen LogP contribution in [0.2, 0.25) is 0 Å². The van der Waals surface area contributed by atoms with E-state index >= 15 is 0 Å². The maximum Gasteiger partial charge on any atom is 0.0707 e. The van der Waals surface area contributed by atoms with Crippen LogP contribution in [0.25, 0.3) is 11.3 Å². The molecule has 88 valence electrons. The monoisotopic (exact) mass is 227 g/mol. The Morgan fingerprint density at radius 3 is 2.76 bits per heavy atom. The molecule has 1 N–H and O–H groups in total. The number of pyridine rings is 1. The average Bonchev–Trinajstić information content (AvgIpc) is 2.33.